The first-order chi connectivity index (χ1) is 10.9. The van der Waals surface area contributed by atoms with Gasteiger partial charge in [0.2, 0.25) is 5.91 Å². The third-order valence-corrected chi connectivity index (χ3v) is 3.22. The highest BCUT2D eigenvalue weighted by atomic mass is 16.6. The van der Waals surface area contributed by atoms with Crippen molar-refractivity contribution in [2.45, 2.75) is 13.3 Å². The summed E-state index contributed by atoms with van der Waals surface area (Å²) >= 11 is 0. The van der Waals surface area contributed by atoms with Crippen molar-refractivity contribution in [1.82, 2.24) is 10.2 Å². The molecule has 0 atom stereocenters. The molecule has 1 N–H and O–H groups in total. The largest absolute Gasteiger partial charge is 0.385 e. The molecule has 2 amide bonds. The maximum Gasteiger partial charge on any atom is 0.272 e. The summed E-state index contributed by atoms with van der Waals surface area (Å²) in [5, 5.41) is 13.5. The fourth-order valence-electron chi connectivity index (χ4n) is 2.00. The smallest absolute Gasteiger partial charge is 0.272 e. The molecule has 0 aliphatic rings. The summed E-state index contributed by atoms with van der Waals surface area (Å²) in [5.41, 5.74) is 0.668. The third kappa shape index (κ3) is 5.67. The molecule has 1 rings (SSSR count). The van der Waals surface area contributed by atoms with Crippen LogP contribution in [0.5, 0.6) is 0 Å². The Morgan fingerprint density at radius 1 is 1.39 bits per heavy atom. The van der Waals surface area contributed by atoms with E-state index in [4.69, 9.17) is 4.74 Å². The van der Waals surface area contributed by atoms with Gasteiger partial charge in [-0.2, -0.15) is 0 Å². The molecule has 0 saturated carbocycles. The van der Waals surface area contributed by atoms with Crippen LogP contribution in [0, 0.1) is 17.0 Å². The molecule has 1 aromatic rings. The van der Waals surface area contributed by atoms with E-state index in [1.165, 1.54) is 30.1 Å². The summed E-state index contributed by atoms with van der Waals surface area (Å²) in [5.74, 6) is -0.634. The summed E-state index contributed by atoms with van der Waals surface area (Å²) < 4.78 is 4.87. The minimum Gasteiger partial charge on any atom is -0.385 e. The van der Waals surface area contributed by atoms with E-state index in [0.717, 1.165) is 0 Å². The first-order valence-corrected chi connectivity index (χ1v) is 7.13. The minimum atomic E-state index is -0.499. The van der Waals surface area contributed by atoms with E-state index in [-0.39, 0.29) is 24.0 Å². The van der Waals surface area contributed by atoms with Crippen LogP contribution in [0.3, 0.4) is 0 Å². The number of benzene rings is 1. The van der Waals surface area contributed by atoms with Crippen molar-refractivity contribution in [3.8, 4) is 0 Å². The van der Waals surface area contributed by atoms with Gasteiger partial charge in [-0.05, 0) is 25.5 Å². The highest BCUT2D eigenvalue weighted by molar-refractivity contribution is 5.96. The summed E-state index contributed by atoms with van der Waals surface area (Å²) in [7, 11) is 3.09. The molecule has 0 aliphatic heterocycles. The molecular weight excluding hydrogens is 302 g/mol. The predicted octanol–water partition coefficient (Wildman–Crippen LogP) is 1.13. The van der Waals surface area contributed by atoms with Crippen molar-refractivity contribution in [1.29, 1.82) is 0 Å². The predicted molar refractivity (Wildman–Crippen MR) is 84.3 cm³/mol. The van der Waals surface area contributed by atoms with Crippen LogP contribution in [-0.4, -0.2) is 55.5 Å². The fraction of sp³-hybridized carbons (Fsp3) is 0.467. The molecule has 8 nitrogen and oxygen atoms in total. The zero-order chi connectivity index (χ0) is 17.4. The Kier molecular flexibility index (Phi) is 7.14. The number of carbonyl (C=O) groups is 2. The molecule has 0 saturated heterocycles. The summed E-state index contributed by atoms with van der Waals surface area (Å²) in [6.45, 7) is 2.52. The topological polar surface area (TPSA) is 102 Å². The van der Waals surface area contributed by atoms with Gasteiger partial charge in [-0.3, -0.25) is 19.7 Å². The number of hydrogen-bond donors (Lipinski definition) is 1. The van der Waals surface area contributed by atoms with Crippen molar-refractivity contribution in [3.63, 3.8) is 0 Å². The number of nitro groups is 1. The van der Waals surface area contributed by atoms with E-state index in [1.54, 1.807) is 14.0 Å². The Hall–Kier alpha value is -2.48. The highest BCUT2D eigenvalue weighted by Gasteiger charge is 2.18. The van der Waals surface area contributed by atoms with Gasteiger partial charge < -0.3 is 15.0 Å². The van der Waals surface area contributed by atoms with Crippen molar-refractivity contribution in [2.75, 3.05) is 33.9 Å². The number of rotatable bonds is 8. The van der Waals surface area contributed by atoms with Gasteiger partial charge in [0.25, 0.3) is 11.6 Å². The van der Waals surface area contributed by atoms with Crippen LogP contribution >= 0.6 is 0 Å². The number of methoxy groups -OCH3 is 1. The standard InChI is InChI=1S/C15H21N3O5/c1-11-9-12(5-6-13(11)18(21)22)15(20)17(2)10-14(19)16-7-4-8-23-3/h5-6,9H,4,7-8,10H2,1-3H3,(H,16,19). The van der Waals surface area contributed by atoms with Gasteiger partial charge in [0.15, 0.2) is 0 Å². The van der Waals surface area contributed by atoms with Gasteiger partial charge in [-0.1, -0.05) is 0 Å². The normalized spacial score (nSPS) is 10.2. The molecule has 0 aromatic heterocycles. The average molecular weight is 323 g/mol. The number of likely N-dealkylation sites (N-methyl/N-ethyl adjacent to an activating group) is 1. The maximum absolute atomic E-state index is 12.2. The Morgan fingerprint density at radius 2 is 2.09 bits per heavy atom. The van der Waals surface area contributed by atoms with Crippen LogP contribution < -0.4 is 5.32 Å². The quantitative estimate of drug-likeness (QED) is 0.439. The van der Waals surface area contributed by atoms with Gasteiger partial charge in [-0.25, -0.2) is 0 Å². The average Bonchev–Trinajstić information content (AvgIpc) is 2.50. The lowest BCUT2D eigenvalue weighted by molar-refractivity contribution is -0.385. The molecule has 0 spiro atoms. The first kappa shape index (κ1) is 18.6. The lowest BCUT2D eigenvalue weighted by Gasteiger charge is -2.17. The summed E-state index contributed by atoms with van der Waals surface area (Å²) in [4.78, 5) is 35.5. The molecule has 0 aliphatic carbocycles. The van der Waals surface area contributed by atoms with Crippen molar-refractivity contribution in [3.05, 3.63) is 39.4 Å². The second-order valence-corrected chi connectivity index (χ2v) is 5.12. The second-order valence-electron chi connectivity index (χ2n) is 5.12. The van der Waals surface area contributed by atoms with E-state index >= 15 is 0 Å². The third-order valence-electron chi connectivity index (χ3n) is 3.22. The lowest BCUT2D eigenvalue weighted by Crippen LogP contribution is -2.38. The minimum absolute atomic E-state index is 0.0416. The number of nitrogens with one attached hydrogen (secondary N) is 1. The molecule has 23 heavy (non-hydrogen) atoms. The molecule has 0 bridgehead atoms. The van der Waals surface area contributed by atoms with E-state index in [0.29, 0.717) is 30.7 Å². The van der Waals surface area contributed by atoms with Gasteiger partial charge >= 0.3 is 0 Å². The van der Waals surface area contributed by atoms with E-state index in [1.807, 2.05) is 0 Å². The molecule has 0 radical (unpaired) electrons. The number of carbonyl (C=O) groups excluding carboxylic acids is 2. The van der Waals surface area contributed by atoms with Gasteiger partial charge in [-0.15, -0.1) is 0 Å². The first-order valence-electron chi connectivity index (χ1n) is 7.13. The molecule has 0 fully saturated rings. The zero-order valence-corrected chi connectivity index (χ0v) is 13.5. The van der Waals surface area contributed by atoms with E-state index in [9.17, 15) is 19.7 Å². The van der Waals surface area contributed by atoms with Gasteiger partial charge in [0.1, 0.15) is 0 Å². The van der Waals surface area contributed by atoms with Crippen LogP contribution in [0.2, 0.25) is 0 Å². The number of aryl methyl sites for hydroxylation is 1. The lowest BCUT2D eigenvalue weighted by atomic mass is 10.1. The SMILES string of the molecule is COCCCNC(=O)CN(C)C(=O)c1ccc([N+](=O)[O-])c(C)c1. The van der Waals surface area contributed by atoms with Crippen LogP contribution in [-0.2, 0) is 9.53 Å². The summed E-state index contributed by atoms with van der Waals surface area (Å²) in [6, 6.07) is 4.13. The molecule has 8 heteroatoms. The molecule has 126 valence electrons. The Morgan fingerprint density at radius 3 is 2.65 bits per heavy atom. The number of nitro benzene ring substituents is 1. The van der Waals surface area contributed by atoms with Crippen molar-refractivity contribution < 1.29 is 19.2 Å². The fourth-order valence-corrected chi connectivity index (χ4v) is 2.00. The van der Waals surface area contributed by atoms with Crippen LogP contribution in [0.15, 0.2) is 18.2 Å². The Labute approximate surface area is 134 Å². The number of ether oxygens (including phenoxy) is 1. The number of hydrogen-bond acceptors (Lipinski definition) is 5. The molecule has 1 aromatic carbocycles. The second kappa shape index (κ2) is 8.84. The number of nitrogens with zero attached hydrogens (tertiary/aromatic N) is 2. The van der Waals surface area contributed by atoms with Crippen molar-refractivity contribution in [2.24, 2.45) is 0 Å². The zero-order valence-electron chi connectivity index (χ0n) is 13.5. The van der Waals surface area contributed by atoms with E-state index in [2.05, 4.69) is 5.32 Å². The van der Waals surface area contributed by atoms with Crippen LogP contribution in [0.1, 0.15) is 22.3 Å². The molecule has 0 unspecified atom stereocenters. The Bertz CT molecular complexity index is 588. The Balaban J connectivity index is 2.61. The van der Waals surface area contributed by atoms with Crippen LogP contribution in [0.4, 0.5) is 5.69 Å². The van der Waals surface area contributed by atoms with Gasteiger partial charge in [0.05, 0.1) is 11.5 Å². The highest BCUT2D eigenvalue weighted by Crippen LogP contribution is 2.19. The monoisotopic (exact) mass is 323 g/mol. The van der Waals surface area contributed by atoms with E-state index < -0.39 is 4.92 Å². The molecule has 0 heterocycles. The van der Waals surface area contributed by atoms with Crippen LogP contribution in [0.25, 0.3) is 0 Å². The molecular formula is C15H21N3O5. The summed E-state index contributed by atoms with van der Waals surface area (Å²) in [6.07, 6.45) is 0.696. The van der Waals surface area contributed by atoms with Gasteiger partial charge in [0, 0.05) is 44.5 Å². The van der Waals surface area contributed by atoms with Crippen molar-refractivity contribution >= 4 is 17.5 Å². The number of amides is 2. The maximum atomic E-state index is 12.2.